The average Bonchev–Trinajstić information content (AvgIpc) is 2.77. The predicted molar refractivity (Wildman–Crippen MR) is 147 cm³/mol. The number of carbonyl (C=O) groups excluding carboxylic acids is 2. The van der Waals surface area contributed by atoms with E-state index in [1.54, 1.807) is 44.2 Å². The monoisotopic (exact) mass is 555 g/mol. The summed E-state index contributed by atoms with van der Waals surface area (Å²) < 4.78 is 26.5. The number of nitrogens with one attached hydrogen (secondary N) is 1. The minimum Gasteiger partial charge on any atom is -0.355 e. The van der Waals surface area contributed by atoms with Gasteiger partial charge in [-0.05, 0) is 54.2 Å². The van der Waals surface area contributed by atoms with Crippen molar-refractivity contribution < 1.29 is 18.0 Å². The van der Waals surface area contributed by atoms with Gasteiger partial charge in [0.1, 0.15) is 12.6 Å². The van der Waals surface area contributed by atoms with E-state index in [0.717, 1.165) is 16.1 Å². The summed E-state index contributed by atoms with van der Waals surface area (Å²) in [6.07, 6.45) is 1.39. The molecule has 2 aromatic carbocycles. The third-order valence-corrected chi connectivity index (χ3v) is 7.52. The molecule has 1 N–H and O–H groups in total. The van der Waals surface area contributed by atoms with Crippen LogP contribution in [0.2, 0.25) is 10.0 Å². The molecule has 2 rings (SSSR count). The molecule has 0 unspecified atom stereocenters. The van der Waals surface area contributed by atoms with Crippen molar-refractivity contribution in [1.82, 2.24) is 10.2 Å². The minimum atomic E-state index is -3.80. The minimum absolute atomic E-state index is 0.0189. The Morgan fingerprint density at radius 3 is 2.11 bits per heavy atom. The molecule has 0 aliphatic carbocycles. The molecule has 36 heavy (non-hydrogen) atoms. The van der Waals surface area contributed by atoms with Gasteiger partial charge in [-0.1, -0.05) is 69.1 Å². The van der Waals surface area contributed by atoms with Crippen LogP contribution >= 0.6 is 23.2 Å². The van der Waals surface area contributed by atoms with E-state index >= 15 is 0 Å². The van der Waals surface area contributed by atoms with Crippen molar-refractivity contribution in [2.75, 3.05) is 23.7 Å². The molecule has 1 atom stereocenters. The number of amides is 2. The molecule has 0 saturated heterocycles. The summed E-state index contributed by atoms with van der Waals surface area (Å²) in [7, 11) is -3.80. The van der Waals surface area contributed by atoms with E-state index in [0.29, 0.717) is 34.3 Å². The van der Waals surface area contributed by atoms with Crippen molar-refractivity contribution in [2.24, 2.45) is 0 Å². The Morgan fingerprint density at radius 1 is 1.03 bits per heavy atom. The van der Waals surface area contributed by atoms with Crippen LogP contribution in [0.3, 0.4) is 0 Å². The van der Waals surface area contributed by atoms with Gasteiger partial charge in [0.2, 0.25) is 21.8 Å². The van der Waals surface area contributed by atoms with Crippen molar-refractivity contribution >= 4 is 50.7 Å². The molecule has 0 aromatic heterocycles. The Hall–Kier alpha value is -2.29. The second-order valence-corrected chi connectivity index (χ2v) is 12.4. The van der Waals surface area contributed by atoms with E-state index in [1.807, 2.05) is 12.1 Å². The molecule has 0 fully saturated rings. The highest BCUT2D eigenvalue weighted by molar-refractivity contribution is 7.92. The number of hydrogen-bond donors (Lipinski definition) is 1. The van der Waals surface area contributed by atoms with Crippen molar-refractivity contribution in [3.8, 4) is 0 Å². The van der Waals surface area contributed by atoms with Gasteiger partial charge in [-0.3, -0.25) is 13.9 Å². The van der Waals surface area contributed by atoms with E-state index in [1.165, 1.54) is 4.90 Å². The zero-order chi connectivity index (χ0) is 27.3. The summed E-state index contributed by atoms with van der Waals surface area (Å²) in [6.45, 7) is 9.72. The highest BCUT2D eigenvalue weighted by Gasteiger charge is 2.32. The standard InChI is InChI=1S/C26H35Cl2N3O4S/c1-7-23(25(33)29-8-2)30(16-18-9-12-20(27)15-22(18)28)24(32)17-31(36(6,34)35)21-13-10-19(11-14-21)26(3,4)5/h9-15,23H,7-8,16-17H2,1-6H3,(H,29,33)/t23-/m1/s1. The highest BCUT2D eigenvalue weighted by atomic mass is 35.5. The predicted octanol–water partition coefficient (Wildman–Crippen LogP) is 5.00. The Balaban J connectivity index is 2.47. The van der Waals surface area contributed by atoms with Gasteiger partial charge in [0.25, 0.3) is 0 Å². The summed E-state index contributed by atoms with van der Waals surface area (Å²) in [6, 6.07) is 11.2. The molecule has 7 nitrogen and oxygen atoms in total. The normalized spacial score (nSPS) is 12.7. The lowest BCUT2D eigenvalue weighted by atomic mass is 9.87. The van der Waals surface area contributed by atoms with Gasteiger partial charge in [-0.25, -0.2) is 8.42 Å². The van der Waals surface area contributed by atoms with Crippen molar-refractivity contribution in [3.05, 3.63) is 63.6 Å². The molecule has 0 bridgehead atoms. The maximum absolute atomic E-state index is 13.7. The lowest BCUT2D eigenvalue weighted by Gasteiger charge is -2.33. The number of likely N-dealkylation sites (N-methyl/N-ethyl adjacent to an activating group) is 1. The maximum atomic E-state index is 13.7. The van der Waals surface area contributed by atoms with Crippen molar-refractivity contribution in [2.45, 2.75) is 59.0 Å². The number of nitrogens with zero attached hydrogens (tertiary/aromatic N) is 2. The SMILES string of the molecule is CCNC(=O)[C@@H](CC)N(Cc1ccc(Cl)cc1Cl)C(=O)CN(c1ccc(C(C)(C)C)cc1)S(C)(=O)=O. The Kier molecular flexibility index (Phi) is 10.2. The average molecular weight is 557 g/mol. The first-order valence-electron chi connectivity index (χ1n) is 11.8. The van der Waals surface area contributed by atoms with Crippen LogP contribution < -0.4 is 9.62 Å². The number of rotatable bonds is 10. The Morgan fingerprint density at radius 2 is 1.64 bits per heavy atom. The summed E-state index contributed by atoms with van der Waals surface area (Å²) in [5, 5.41) is 3.55. The van der Waals surface area contributed by atoms with E-state index in [2.05, 4.69) is 26.1 Å². The van der Waals surface area contributed by atoms with Crippen LogP contribution in [-0.2, 0) is 31.6 Å². The largest absolute Gasteiger partial charge is 0.355 e. The van der Waals surface area contributed by atoms with Crippen LogP contribution in [0.1, 0.15) is 52.2 Å². The van der Waals surface area contributed by atoms with E-state index in [-0.39, 0.29) is 17.9 Å². The molecule has 198 valence electrons. The number of carbonyl (C=O) groups is 2. The molecule has 0 saturated carbocycles. The van der Waals surface area contributed by atoms with Gasteiger partial charge < -0.3 is 10.2 Å². The number of benzene rings is 2. The fourth-order valence-corrected chi connectivity index (χ4v) is 5.10. The van der Waals surface area contributed by atoms with E-state index in [4.69, 9.17) is 23.2 Å². The molecule has 2 amide bonds. The van der Waals surface area contributed by atoms with Gasteiger partial charge in [-0.2, -0.15) is 0 Å². The second kappa shape index (κ2) is 12.3. The van der Waals surface area contributed by atoms with Crippen molar-refractivity contribution in [3.63, 3.8) is 0 Å². The van der Waals surface area contributed by atoms with Crippen LogP contribution in [0.5, 0.6) is 0 Å². The summed E-state index contributed by atoms with van der Waals surface area (Å²) in [5.74, 6) is -0.844. The summed E-state index contributed by atoms with van der Waals surface area (Å²) >= 11 is 12.4. The summed E-state index contributed by atoms with van der Waals surface area (Å²) in [4.78, 5) is 27.9. The first kappa shape index (κ1) is 29.9. The van der Waals surface area contributed by atoms with Gasteiger partial charge in [0.05, 0.1) is 11.9 Å². The van der Waals surface area contributed by atoms with Gasteiger partial charge in [-0.15, -0.1) is 0 Å². The molecule has 0 heterocycles. The van der Waals surface area contributed by atoms with Crippen molar-refractivity contribution in [1.29, 1.82) is 0 Å². The van der Waals surface area contributed by atoms with E-state index < -0.39 is 28.5 Å². The fourth-order valence-electron chi connectivity index (χ4n) is 3.79. The molecule has 0 aliphatic rings. The van der Waals surface area contributed by atoms with Gasteiger partial charge in [0.15, 0.2) is 0 Å². The quantitative estimate of drug-likeness (QED) is 0.446. The van der Waals surface area contributed by atoms with Gasteiger partial charge in [0, 0.05) is 23.1 Å². The zero-order valence-electron chi connectivity index (χ0n) is 21.6. The van der Waals surface area contributed by atoms with Gasteiger partial charge >= 0.3 is 0 Å². The third-order valence-electron chi connectivity index (χ3n) is 5.79. The molecule has 2 aromatic rings. The molecule has 0 aliphatic heterocycles. The maximum Gasteiger partial charge on any atom is 0.244 e. The molecule has 0 spiro atoms. The Labute approximate surface area is 224 Å². The van der Waals surface area contributed by atoms with E-state index in [9.17, 15) is 18.0 Å². The number of anilines is 1. The number of sulfonamides is 1. The topological polar surface area (TPSA) is 86.8 Å². The number of halogens is 2. The highest BCUT2D eigenvalue weighted by Crippen LogP contribution is 2.27. The number of hydrogen-bond acceptors (Lipinski definition) is 4. The fraction of sp³-hybridized carbons (Fsp3) is 0.462. The first-order valence-corrected chi connectivity index (χ1v) is 14.4. The van der Waals surface area contributed by atoms with Crippen LogP contribution in [0.25, 0.3) is 0 Å². The van der Waals surface area contributed by atoms with Crippen LogP contribution in [0, 0.1) is 0 Å². The first-order chi connectivity index (χ1) is 16.7. The zero-order valence-corrected chi connectivity index (χ0v) is 24.0. The smallest absolute Gasteiger partial charge is 0.244 e. The lowest BCUT2D eigenvalue weighted by molar-refractivity contribution is -0.140. The molecular weight excluding hydrogens is 521 g/mol. The van der Waals surface area contributed by atoms with Crippen LogP contribution in [0.4, 0.5) is 5.69 Å². The molecular formula is C26H35Cl2N3O4S. The lowest BCUT2D eigenvalue weighted by Crippen LogP contribution is -2.52. The third kappa shape index (κ3) is 7.85. The van der Waals surface area contributed by atoms with Crippen LogP contribution in [0.15, 0.2) is 42.5 Å². The molecule has 10 heteroatoms. The Bertz CT molecular complexity index is 1180. The van der Waals surface area contributed by atoms with Crippen LogP contribution in [-0.4, -0.2) is 50.5 Å². The second-order valence-electron chi connectivity index (χ2n) is 9.64. The summed E-state index contributed by atoms with van der Waals surface area (Å²) in [5.41, 5.74) is 1.89. The molecule has 0 radical (unpaired) electrons.